The highest BCUT2D eigenvalue weighted by molar-refractivity contribution is 7.98. The van der Waals surface area contributed by atoms with Crippen molar-refractivity contribution in [1.82, 2.24) is 21.3 Å². The molecule has 0 aromatic heterocycles. The van der Waals surface area contributed by atoms with E-state index in [4.69, 9.17) is 4.74 Å². The number of benzene rings is 1. The number of carbonyl (C=O) groups excluding carboxylic acids is 4. The number of amides is 4. The summed E-state index contributed by atoms with van der Waals surface area (Å²) in [7, 11) is 0. The molecule has 0 aliphatic rings. The monoisotopic (exact) mass is 524 g/mol. The van der Waals surface area contributed by atoms with Crippen LogP contribution in [0.3, 0.4) is 0 Å². The van der Waals surface area contributed by atoms with Crippen LogP contribution < -0.4 is 21.3 Å². The van der Waals surface area contributed by atoms with Crippen molar-refractivity contribution in [3.8, 4) is 0 Å². The van der Waals surface area contributed by atoms with Crippen molar-refractivity contribution in [3.63, 3.8) is 0 Å². The van der Waals surface area contributed by atoms with Gasteiger partial charge in [-0.1, -0.05) is 30.3 Å². The lowest BCUT2D eigenvalue weighted by Gasteiger charge is -2.22. The summed E-state index contributed by atoms with van der Waals surface area (Å²) in [4.78, 5) is 61.1. The summed E-state index contributed by atoms with van der Waals surface area (Å²) in [5.41, 5.74) is 0.0249. The quantitative estimate of drug-likeness (QED) is 0.256. The van der Waals surface area contributed by atoms with Crippen LogP contribution in [0.5, 0.6) is 0 Å². The van der Waals surface area contributed by atoms with Gasteiger partial charge in [-0.25, -0.2) is 9.59 Å². The van der Waals surface area contributed by atoms with Crippen LogP contribution >= 0.6 is 11.8 Å². The first-order valence-corrected chi connectivity index (χ1v) is 12.8. The molecule has 0 aliphatic heterocycles. The fourth-order valence-corrected chi connectivity index (χ4v) is 3.41. The van der Waals surface area contributed by atoms with Gasteiger partial charge in [0.1, 0.15) is 23.7 Å². The van der Waals surface area contributed by atoms with Crippen LogP contribution in [0, 0.1) is 0 Å². The molecular formula is C24H36N4O7S. The average molecular weight is 525 g/mol. The first-order chi connectivity index (χ1) is 16.8. The van der Waals surface area contributed by atoms with Gasteiger partial charge in [-0.05, 0) is 51.7 Å². The predicted octanol–water partition coefficient (Wildman–Crippen LogP) is 1.07. The normalized spacial score (nSPS) is 13.5. The molecule has 0 saturated heterocycles. The number of nitrogens with one attached hydrogen (secondary N) is 4. The fourth-order valence-electron chi connectivity index (χ4n) is 2.94. The standard InChI is InChI=1S/C24H36N4O7S/c1-15(26-23(34)35-24(2,3)4)20(30)25-14-19(29)27-18(13-16-9-7-6-8-10-16)21(31)28-17(22(32)33)11-12-36-5/h6-10,15,17-18H,11-14H2,1-5H3,(H,25,30)(H,26,34)(H,27,29)(H,28,31)(H,32,33). The summed E-state index contributed by atoms with van der Waals surface area (Å²) >= 11 is 1.46. The van der Waals surface area contributed by atoms with Crippen LogP contribution in [0.15, 0.2) is 30.3 Å². The van der Waals surface area contributed by atoms with Crippen molar-refractivity contribution >= 4 is 41.5 Å². The predicted molar refractivity (Wildman–Crippen MR) is 136 cm³/mol. The Balaban J connectivity index is 2.77. The van der Waals surface area contributed by atoms with Crippen LogP contribution in [0.4, 0.5) is 4.79 Å². The molecule has 36 heavy (non-hydrogen) atoms. The van der Waals surface area contributed by atoms with Gasteiger partial charge in [0.2, 0.25) is 17.7 Å². The van der Waals surface area contributed by atoms with E-state index in [0.717, 1.165) is 5.56 Å². The minimum Gasteiger partial charge on any atom is -0.480 e. The van der Waals surface area contributed by atoms with Crippen LogP contribution in [0.1, 0.15) is 39.7 Å². The zero-order valence-corrected chi connectivity index (χ0v) is 22.1. The maximum atomic E-state index is 12.9. The summed E-state index contributed by atoms with van der Waals surface area (Å²) < 4.78 is 5.10. The van der Waals surface area contributed by atoms with Crippen LogP contribution in [0.25, 0.3) is 0 Å². The fraction of sp³-hybridized carbons (Fsp3) is 0.542. The maximum Gasteiger partial charge on any atom is 0.408 e. The molecule has 0 fully saturated rings. The number of rotatable bonds is 13. The summed E-state index contributed by atoms with van der Waals surface area (Å²) in [5.74, 6) is -2.55. The number of carbonyl (C=O) groups is 5. The summed E-state index contributed by atoms with van der Waals surface area (Å²) in [6.45, 7) is 6.04. The molecule has 3 atom stereocenters. The third-order valence-electron chi connectivity index (χ3n) is 4.71. The molecule has 4 amide bonds. The van der Waals surface area contributed by atoms with E-state index in [2.05, 4.69) is 21.3 Å². The highest BCUT2D eigenvalue weighted by Gasteiger charge is 2.27. The Hall–Kier alpha value is -3.28. The molecular weight excluding hydrogens is 488 g/mol. The van der Waals surface area contributed by atoms with E-state index < -0.39 is 60.1 Å². The Morgan fingerprint density at radius 3 is 2.17 bits per heavy atom. The molecule has 0 saturated carbocycles. The molecule has 0 bridgehead atoms. The number of carboxylic acid groups (broad SMARTS) is 1. The molecule has 11 nitrogen and oxygen atoms in total. The highest BCUT2D eigenvalue weighted by atomic mass is 32.2. The van der Waals surface area contributed by atoms with E-state index in [9.17, 15) is 29.1 Å². The SMILES string of the molecule is CSCCC(NC(=O)C(Cc1ccccc1)NC(=O)CNC(=O)C(C)NC(=O)OC(C)(C)C)C(=O)O. The molecule has 0 spiro atoms. The lowest BCUT2D eigenvalue weighted by Crippen LogP contribution is -2.54. The van der Waals surface area contributed by atoms with Crippen molar-refractivity contribution in [2.75, 3.05) is 18.6 Å². The van der Waals surface area contributed by atoms with Gasteiger partial charge >= 0.3 is 12.1 Å². The number of thioether (sulfide) groups is 1. The molecule has 1 aromatic carbocycles. The van der Waals surface area contributed by atoms with E-state index in [-0.39, 0.29) is 12.8 Å². The maximum absolute atomic E-state index is 12.9. The topological polar surface area (TPSA) is 163 Å². The van der Waals surface area contributed by atoms with E-state index in [1.807, 2.05) is 12.3 Å². The zero-order valence-electron chi connectivity index (χ0n) is 21.3. The molecule has 1 aromatic rings. The minimum atomic E-state index is -1.17. The van der Waals surface area contributed by atoms with Crippen molar-refractivity contribution < 1.29 is 33.8 Å². The van der Waals surface area contributed by atoms with Gasteiger partial charge in [-0.15, -0.1) is 0 Å². The molecule has 5 N–H and O–H groups in total. The smallest absolute Gasteiger partial charge is 0.408 e. The van der Waals surface area contributed by atoms with Crippen LogP contribution in [0.2, 0.25) is 0 Å². The lowest BCUT2D eigenvalue weighted by atomic mass is 10.0. The second kappa shape index (κ2) is 15.0. The van der Waals surface area contributed by atoms with Gasteiger partial charge in [0.15, 0.2) is 0 Å². The Kier molecular flexibility index (Phi) is 12.8. The highest BCUT2D eigenvalue weighted by Crippen LogP contribution is 2.07. The third-order valence-corrected chi connectivity index (χ3v) is 5.35. The van der Waals surface area contributed by atoms with E-state index in [1.165, 1.54) is 18.7 Å². The number of hydrogen-bond acceptors (Lipinski definition) is 7. The summed E-state index contributed by atoms with van der Waals surface area (Å²) in [5, 5.41) is 19.2. The van der Waals surface area contributed by atoms with Crippen molar-refractivity contribution in [2.45, 2.75) is 64.3 Å². The van der Waals surface area contributed by atoms with Gasteiger partial charge in [-0.3, -0.25) is 14.4 Å². The Morgan fingerprint density at radius 1 is 0.972 bits per heavy atom. The molecule has 12 heteroatoms. The number of alkyl carbamates (subject to hydrolysis) is 1. The van der Waals surface area contributed by atoms with Crippen LogP contribution in [-0.4, -0.2) is 77.2 Å². The first-order valence-electron chi connectivity index (χ1n) is 11.4. The first kappa shape index (κ1) is 30.8. The van der Waals surface area contributed by atoms with E-state index in [1.54, 1.807) is 45.0 Å². The number of aliphatic carboxylic acids is 1. The molecule has 1 rings (SSSR count). The number of hydrogen-bond donors (Lipinski definition) is 5. The van der Waals surface area contributed by atoms with Crippen LogP contribution in [-0.2, 0) is 30.3 Å². The average Bonchev–Trinajstić information content (AvgIpc) is 2.78. The number of ether oxygens (including phenoxy) is 1. The van der Waals surface area contributed by atoms with E-state index in [0.29, 0.717) is 5.75 Å². The minimum absolute atomic E-state index is 0.123. The Labute approximate surface area is 215 Å². The molecule has 200 valence electrons. The molecule has 3 unspecified atom stereocenters. The van der Waals surface area contributed by atoms with Crippen molar-refractivity contribution in [3.05, 3.63) is 35.9 Å². The largest absolute Gasteiger partial charge is 0.480 e. The van der Waals surface area contributed by atoms with Gasteiger partial charge in [0.05, 0.1) is 6.54 Å². The Morgan fingerprint density at radius 2 is 1.61 bits per heavy atom. The van der Waals surface area contributed by atoms with Gasteiger partial charge < -0.3 is 31.1 Å². The summed E-state index contributed by atoms with van der Waals surface area (Å²) in [6.07, 6.45) is 1.41. The number of carboxylic acids is 1. The van der Waals surface area contributed by atoms with E-state index >= 15 is 0 Å². The lowest BCUT2D eigenvalue weighted by molar-refractivity contribution is -0.142. The second-order valence-electron chi connectivity index (χ2n) is 9.08. The van der Waals surface area contributed by atoms with Gasteiger partial charge in [-0.2, -0.15) is 11.8 Å². The molecule has 0 heterocycles. The molecule has 0 radical (unpaired) electrons. The van der Waals surface area contributed by atoms with Crippen molar-refractivity contribution in [1.29, 1.82) is 0 Å². The Bertz CT molecular complexity index is 905. The van der Waals surface area contributed by atoms with Gasteiger partial charge in [0.25, 0.3) is 0 Å². The summed E-state index contributed by atoms with van der Waals surface area (Å²) in [6, 6.07) is 5.80. The second-order valence-corrected chi connectivity index (χ2v) is 10.1. The molecule has 0 aliphatic carbocycles. The van der Waals surface area contributed by atoms with Crippen molar-refractivity contribution in [2.24, 2.45) is 0 Å². The zero-order chi connectivity index (χ0) is 27.3. The third kappa shape index (κ3) is 12.4. The van der Waals surface area contributed by atoms with Gasteiger partial charge in [0, 0.05) is 6.42 Å².